The second-order valence-electron chi connectivity index (χ2n) is 7.15. The standard InChI is InChI=1S/C20H21N7O3/c1-12(13-6-4-3-5-7-13)22-20(30)23-16-8-15-14(9-21-16)18(25-24-15)19(29)27-10-17(28)26(2)11-27/h3-9,12H,10-11H2,1-2H3,(H,24,25)(H2,21,22,23,30). The fourth-order valence-electron chi connectivity index (χ4n) is 3.27. The van der Waals surface area contributed by atoms with Crippen LogP contribution in [-0.4, -0.2) is 63.1 Å². The lowest BCUT2D eigenvalue weighted by atomic mass is 10.1. The molecule has 3 aromatic rings. The minimum Gasteiger partial charge on any atom is -0.331 e. The number of nitrogens with one attached hydrogen (secondary N) is 3. The van der Waals surface area contributed by atoms with E-state index in [4.69, 9.17) is 0 Å². The van der Waals surface area contributed by atoms with Crippen LogP contribution in [0.4, 0.5) is 10.6 Å². The number of fused-ring (bicyclic) bond motifs is 1. The monoisotopic (exact) mass is 407 g/mol. The number of carbonyl (C=O) groups is 3. The molecule has 30 heavy (non-hydrogen) atoms. The number of rotatable bonds is 4. The number of amides is 4. The van der Waals surface area contributed by atoms with Crippen LogP contribution in [0.15, 0.2) is 42.6 Å². The normalized spacial score (nSPS) is 14.8. The number of aromatic nitrogens is 3. The number of carbonyl (C=O) groups excluding carboxylic acids is 3. The fraction of sp³-hybridized carbons (Fsp3) is 0.250. The molecule has 1 aromatic carbocycles. The highest BCUT2D eigenvalue weighted by Crippen LogP contribution is 2.20. The topological polar surface area (TPSA) is 123 Å². The molecule has 3 heterocycles. The van der Waals surface area contributed by atoms with Gasteiger partial charge in [-0.2, -0.15) is 5.10 Å². The van der Waals surface area contributed by atoms with Gasteiger partial charge in [-0.25, -0.2) is 9.78 Å². The van der Waals surface area contributed by atoms with Crippen molar-refractivity contribution in [3.8, 4) is 0 Å². The van der Waals surface area contributed by atoms with E-state index in [2.05, 4.69) is 25.8 Å². The second-order valence-corrected chi connectivity index (χ2v) is 7.15. The summed E-state index contributed by atoms with van der Waals surface area (Å²) in [5.41, 5.74) is 1.73. The molecule has 0 radical (unpaired) electrons. The van der Waals surface area contributed by atoms with Gasteiger partial charge in [-0.15, -0.1) is 0 Å². The summed E-state index contributed by atoms with van der Waals surface area (Å²) in [6.07, 6.45) is 1.48. The fourth-order valence-corrected chi connectivity index (χ4v) is 3.27. The third kappa shape index (κ3) is 3.79. The summed E-state index contributed by atoms with van der Waals surface area (Å²) in [4.78, 5) is 43.8. The van der Waals surface area contributed by atoms with Gasteiger partial charge in [0.1, 0.15) is 12.4 Å². The molecule has 4 amide bonds. The van der Waals surface area contributed by atoms with Gasteiger partial charge in [-0.3, -0.25) is 20.0 Å². The van der Waals surface area contributed by atoms with E-state index < -0.39 is 6.03 Å². The number of urea groups is 1. The maximum atomic E-state index is 12.7. The van der Waals surface area contributed by atoms with E-state index in [0.29, 0.717) is 16.7 Å². The Hall–Kier alpha value is -3.95. The van der Waals surface area contributed by atoms with Crippen LogP contribution in [0.25, 0.3) is 10.9 Å². The molecule has 154 valence electrons. The van der Waals surface area contributed by atoms with Gasteiger partial charge in [0.05, 0.1) is 23.6 Å². The zero-order chi connectivity index (χ0) is 21.3. The smallest absolute Gasteiger partial charge is 0.320 e. The molecular weight excluding hydrogens is 386 g/mol. The Morgan fingerprint density at radius 2 is 2.00 bits per heavy atom. The minimum atomic E-state index is -0.396. The number of aromatic amines is 1. The lowest BCUT2D eigenvalue weighted by molar-refractivity contribution is -0.125. The molecule has 1 atom stereocenters. The molecule has 1 aliphatic rings. The summed E-state index contributed by atoms with van der Waals surface area (Å²) in [6.45, 7) is 2.13. The highest BCUT2D eigenvalue weighted by atomic mass is 16.2. The molecule has 3 N–H and O–H groups in total. The Morgan fingerprint density at radius 3 is 2.70 bits per heavy atom. The van der Waals surface area contributed by atoms with Gasteiger partial charge in [0.15, 0.2) is 5.69 Å². The molecule has 2 aromatic heterocycles. The average molecular weight is 407 g/mol. The quantitative estimate of drug-likeness (QED) is 0.608. The van der Waals surface area contributed by atoms with E-state index in [0.717, 1.165) is 5.56 Å². The molecule has 0 bridgehead atoms. The highest BCUT2D eigenvalue weighted by Gasteiger charge is 2.31. The van der Waals surface area contributed by atoms with E-state index in [1.807, 2.05) is 37.3 Å². The Labute approximate surface area is 172 Å². The molecule has 0 spiro atoms. The van der Waals surface area contributed by atoms with Crippen LogP contribution in [0, 0.1) is 0 Å². The van der Waals surface area contributed by atoms with Crippen molar-refractivity contribution in [3.05, 3.63) is 53.9 Å². The summed E-state index contributed by atoms with van der Waals surface area (Å²) in [5.74, 6) is -0.154. The van der Waals surface area contributed by atoms with Crippen LogP contribution in [-0.2, 0) is 4.79 Å². The highest BCUT2D eigenvalue weighted by molar-refractivity contribution is 6.06. The average Bonchev–Trinajstić information content (AvgIpc) is 3.30. The summed E-state index contributed by atoms with van der Waals surface area (Å²) >= 11 is 0. The van der Waals surface area contributed by atoms with Gasteiger partial charge in [0, 0.05) is 19.3 Å². The number of H-pyrrole nitrogens is 1. The molecule has 1 saturated heterocycles. The third-order valence-electron chi connectivity index (χ3n) is 4.96. The van der Waals surface area contributed by atoms with Crippen LogP contribution in [0.1, 0.15) is 29.0 Å². The van der Waals surface area contributed by atoms with Gasteiger partial charge in [0.2, 0.25) is 5.91 Å². The lowest BCUT2D eigenvalue weighted by Gasteiger charge is -2.15. The molecule has 0 saturated carbocycles. The summed E-state index contributed by atoms with van der Waals surface area (Å²) in [6, 6.07) is 10.6. The number of anilines is 1. The summed E-state index contributed by atoms with van der Waals surface area (Å²) < 4.78 is 0. The van der Waals surface area contributed by atoms with Gasteiger partial charge in [0.25, 0.3) is 5.91 Å². The van der Waals surface area contributed by atoms with Crippen LogP contribution in [0.2, 0.25) is 0 Å². The van der Waals surface area contributed by atoms with Crippen molar-refractivity contribution < 1.29 is 14.4 Å². The first kappa shape index (κ1) is 19.4. The molecule has 0 aliphatic carbocycles. The van der Waals surface area contributed by atoms with E-state index in [1.54, 1.807) is 13.1 Å². The summed E-state index contributed by atoms with van der Waals surface area (Å²) in [7, 11) is 1.64. The van der Waals surface area contributed by atoms with Crippen LogP contribution >= 0.6 is 0 Å². The lowest BCUT2D eigenvalue weighted by Crippen LogP contribution is -2.31. The van der Waals surface area contributed by atoms with Crippen LogP contribution in [0.5, 0.6) is 0 Å². The summed E-state index contributed by atoms with van der Waals surface area (Å²) in [5, 5.41) is 12.9. The van der Waals surface area contributed by atoms with Crippen molar-refractivity contribution in [1.82, 2.24) is 30.3 Å². The number of hydrogen-bond donors (Lipinski definition) is 3. The number of benzene rings is 1. The predicted molar refractivity (Wildman–Crippen MR) is 110 cm³/mol. The largest absolute Gasteiger partial charge is 0.331 e. The Morgan fingerprint density at radius 1 is 1.23 bits per heavy atom. The van der Waals surface area contributed by atoms with E-state index in [1.165, 1.54) is 16.0 Å². The van der Waals surface area contributed by atoms with Crippen LogP contribution < -0.4 is 10.6 Å². The minimum absolute atomic E-state index is 0.0243. The first-order valence-electron chi connectivity index (χ1n) is 9.42. The molecule has 1 aliphatic heterocycles. The zero-order valence-corrected chi connectivity index (χ0v) is 16.5. The van der Waals surface area contributed by atoms with Crippen molar-refractivity contribution in [1.29, 1.82) is 0 Å². The molecular formula is C20H21N7O3. The van der Waals surface area contributed by atoms with Gasteiger partial charge in [-0.05, 0) is 12.5 Å². The van der Waals surface area contributed by atoms with Gasteiger partial charge >= 0.3 is 6.03 Å². The molecule has 1 fully saturated rings. The zero-order valence-electron chi connectivity index (χ0n) is 16.5. The van der Waals surface area contributed by atoms with E-state index in [9.17, 15) is 14.4 Å². The SMILES string of the molecule is CC(NC(=O)Nc1cc2[nH]nc(C(=O)N3CC(=O)N(C)C3)c2cn1)c1ccccc1. The van der Waals surface area contributed by atoms with E-state index in [-0.39, 0.29) is 36.8 Å². The van der Waals surface area contributed by atoms with Gasteiger partial charge in [-0.1, -0.05) is 30.3 Å². The Bertz CT molecular complexity index is 1110. The Balaban J connectivity index is 1.45. The van der Waals surface area contributed by atoms with Crippen molar-refractivity contribution in [2.24, 2.45) is 0 Å². The number of nitrogens with zero attached hydrogens (tertiary/aromatic N) is 4. The number of hydrogen-bond acceptors (Lipinski definition) is 5. The van der Waals surface area contributed by atoms with E-state index >= 15 is 0 Å². The maximum Gasteiger partial charge on any atom is 0.320 e. The molecule has 4 rings (SSSR count). The van der Waals surface area contributed by atoms with Crippen molar-refractivity contribution in [2.75, 3.05) is 25.6 Å². The maximum absolute atomic E-state index is 12.7. The molecule has 10 nitrogen and oxygen atoms in total. The predicted octanol–water partition coefficient (Wildman–Crippen LogP) is 1.71. The van der Waals surface area contributed by atoms with Gasteiger partial charge < -0.3 is 15.1 Å². The van der Waals surface area contributed by atoms with Crippen molar-refractivity contribution >= 4 is 34.6 Å². The Kier molecular flexibility index (Phi) is 5.05. The number of likely N-dealkylation sites (N-methyl/N-ethyl adjacent to an activating group) is 1. The third-order valence-corrected chi connectivity index (χ3v) is 4.96. The van der Waals surface area contributed by atoms with Crippen LogP contribution in [0.3, 0.4) is 0 Å². The first-order valence-corrected chi connectivity index (χ1v) is 9.42. The second kappa shape index (κ2) is 7.82. The van der Waals surface area contributed by atoms with Crippen molar-refractivity contribution in [3.63, 3.8) is 0 Å². The van der Waals surface area contributed by atoms with Crippen molar-refractivity contribution in [2.45, 2.75) is 13.0 Å². The number of pyridine rings is 1. The molecule has 1 unspecified atom stereocenters. The first-order chi connectivity index (χ1) is 14.4. The molecule has 10 heteroatoms.